The van der Waals surface area contributed by atoms with Gasteiger partial charge in [-0.1, -0.05) is 59.8 Å². The Hall–Kier alpha value is -6.29. The maximum Gasteiger partial charge on any atom is 0.416 e. The van der Waals surface area contributed by atoms with Gasteiger partial charge in [-0.2, -0.15) is 13.2 Å². The summed E-state index contributed by atoms with van der Waals surface area (Å²) in [6, 6.07) is 24.4. The molecule has 0 radical (unpaired) electrons. The van der Waals surface area contributed by atoms with Crippen LogP contribution in [0.3, 0.4) is 0 Å². The van der Waals surface area contributed by atoms with Crippen molar-refractivity contribution in [2.45, 2.75) is 63.7 Å². The zero-order valence-corrected chi connectivity index (χ0v) is 33.6. The van der Waals surface area contributed by atoms with Crippen molar-refractivity contribution in [2.24, 2.45) is 11.8 Å². The van der Waals surface area contributed by atoms with E-state index in [9.17, 15) is 27.6 Å². The maximum absolute atomic E-state index is 14.6. The SMILES string of the molecule is COc1ccc(CNC(=O)C[C@@H]2CCN3C[C@@H]2CCOc2cc(C(F)(F)F)cc(n2)-c2cccc(c2)C(=O)N2C[C@H](OCc4cn(Cc5ccccc5)nn4)C[C@H]2C3=O)cc1. The van der Waals surface area contributed by atoms with Crippen LogP contribution in [0.15, 0.2) is 97.2 Å². The van der Waals surface area contributed by atoms with E-state index in [1.807, 2.05) is 54.6 Å². The molecule has 16 heteroatoms. The van der Waals surface area contributed by atoms with Crippen LogP contribution in [-0.2, 0) is 40.2 Å². The molecule has 0 unspecified atom stereocenters. The number of rotatable bonds is 10. The van der Waals surface area contributed by atoms with Crippen LogP contribution in [0.2, 0.25) is 0 Å². The van der Waals surface area contributed by atoms with Crippen molar-refractivity contribution in [3.63, 3.8) is 0 Å². The van der Waals surface area contributed by atoms with Gasteiger partial charge >= 0.3 is 6.18 Å². The molecule has 0 aliphatic carbocycles. The van der Waals surface area contributed by atoms with E-state index in [1.54, 1.807) is 41.1 Å². The van der Waals surface area contributed by atoms with Crippen LogP contribution in [0.5, 0.6) is 11.6 Å². The predicted octanol–water partition coefficient (Wildman–Crippen LogP) is 6.17. The van der Waals surface area contributed by atoms with Gasteiger partial charge in [0.15, 0.2) is 0 Å². The number of ether oxygens (including phenoxy) is 3. The number of hydrogen-bond donors (Lipinski definition) is 1. The lowest BCUT2D eigenvalue weighted by Crippen LogP contribution is -2.52. The van der Waals surface area contributed by atoms with Crippen LogP contribution in [0.25, 0.3) is 11.3 Å². The number of carbonyl (C=O) groups excluding carboxylic acids is 3. The zero-order chi connectivity index (χ0) is 42.5. The minimum atomic E-state index is -4.69. The van der Waals surface area contributed by atoms with Crippen molar-refractivity contribution in [1.82, 2.24) is 35.1 Å². The monoisotopic (exact) mass is 837 g/mol. The molecule has 318 valence electrons. The van der Waals surface area contributed by atoms with Crippen LogP contribution in [0, 0.1) is 11.8 Å². The highest BCUT2D eigenvalue weighted by Crippen LogP contribution is 2.36. The Kier molecular flexibility index (Phi) is 12.3. The van der Waals surface area contributed by atoms with Gasteiger partial charge in [-0.15, -0.1) is 5.10 Å². The van der Waals surface area contributed by atoms with Gasteiger partial charge in [0.2, 0.25) is 17.7 Å². The number of nitrogens with one attached hydrogen (secondary N) is 1. The third-order valence-electron chi connectivity index (χ3n) is 11.6. The normalized spacial score (nSPS) is 20.5. The number of benzene rings is 3. The zero-order valence-electron chi connectivity index (χ0n) is 33.6. The summed E-state index contributed by atoms with van der Waals surface area (Å²) in [6.07, 6.45) is -2.16. The Morgan fingerprint density at radius 2 is 1.74 bits per heavy atom. The topological polar surface area (TPSA) is 141 Å². The number of fused-ring (bicyclic) bond motifs is 8. The van der Waals surface area contributed by atoms with E-state index < -0.39 is 29.8 Å². The Balaban J connectivity index is 1.04. The highest BCUT2D eigenvalue weighted by molar-refractivity contribution is 5.99. The molecule has 5 aromatic rings. The number of halogens is 3. The van der Waals surface area contributed by atoms with E-state index >= 15 is 0 Å². The fourth-order valence-corrected chi connectivity index (χ4v) is 8.36. The third-order valence-corrected chi connectivity index (χ3v) is 11.6. The van der Waals surface area contributed by atoms with Gasteiger partial charge in [0.1, 0.15) is 17.5 Å². The summed E-state index contributed by atoms with van der Waals surface area (Å²) >= 11 is 0. The van der Waals surface area contributed by atoms with Gasteiger partial charge in [0.25, 0.3) is 5.91 Å². The molecular formula is C45H46F3N7O6. The first-order valence-electron chi connectivity index (χ1n) is 20.4. The highest BCUT2D eigenvalue weighted by Gasteiger charge is 2.44. The molecule has 61 heavy (non-hydrogen) atoms. The second-order valence-corrected chi connectivity index (χ2v) is 15.8. The minimum Gasteiger partial charge on any atom is -0.497 e. The first-order chi connectivity index (χ1) is 29.5. The number of aromatic nitrogens is 4. The van der Waals surface area contributed by atoms with E-state index in [2.05, 4.69) is 20.6 Å². The van der Waals surface area contributed by atoms with Crippen molar-refractivity contribution in [2.75, 3.05) is 33.4 Å². The molecule has 13 nitrogen and oxygen atoms in total. The lowest BCUT2D eigenvalue weighted by molar-refractivity contribution is -0.139. The molecule has 3 aromatic carbocycles. The summed E-state index contributed by atoms with van der Waals surface area (Å²) in [5.74, 6) is -0.761. The molecule has 5 heterocycles. The average molecular weight is 838 g/mol. The summed E-state index contributed by atoms with van der Waals surface area (Å²) in [6.45, 7) is 1.69. The Morgan fingerprint density at radius 3 is 2.52 bits per heavy atom. The minimum absolute atomic E-state index is 0.00434. The van der Waals surface area contributed by atoms with Crippen LogP contribution >= 0.6 is 0 Å². The fraction of sp³-hybridized carbons (Fsp3) is 0.378. The first-order valence-corrected chi connectivity index (χ1v) is 20.4. The molecule has 0 spiro atoms. The van der Waals surface area contributed by atoms with Crippen molar-refractivity contribution >= 4 is 17.7 Å². The molecular weight excluding hydrogens is 792 g/mol. The van der Waals surface area contributed by atoms with E-state index in [-0.39, 0.29) is 85.5 Å². The summed E-state index contributed by atoms with van der Waals surface area (Å²) in [7, 11) is 1.58. The maximum atomic E-state index is 14.6. The molecule has 4 atom stereocenters. The van der Waals surface area contributed by atoms with Crippen molar-refractivity contribution in [3.8, 4) is 22.9 Å². The van der Waals surface area contributed by atoms with Gasteiger partial charge in [-0.3, -0.25) is 14.4 Å². The molecule has 3 amide bonds. The van der Waals surface area contributed by atoms with Crippen molar-refractivity contribution < 1.29 is 41.8 Å². The molecule has 3 aliphatic heterocycles. The standard InChI is InChI=1S/C45H46F3N7O6/c1-59-37-12-10-29(11-13-37)23-49-41(56)19-31-14-16-53-25-34(31)15-17-60-42-21-35(45(46,47)48)20-39(50-42)32-8-5-9-33(18-32)43(57)55-27-38(22-40(55)44(53)58)61-28-36-26-54(52-51-36)24-30-6-3-2-4-7-30/h2-13,18,20-21,26,31,34,38,40H,14-17,19,22-25,27-28H2,1H3,(H,49,56)/t31-,34-,38+,40-/m0/s1. The number of methoxy groups -OCH3 is 1. The number of carbonyl (C=O) groups is 3. The number of piperidine rings is 1. The summed E-state index contributed by atoms with van der Waals surface area (Å²) in [5.41, 5.74) is 2.07. The van der Waals surface area contributed by atoms with Crippen LogP contribution in [0.4, 0.5) is 13.2 Å². The van der Waals surface area contributed by atoms with Gasteiger partial charge in [-0.05, 0) is 66.1 Å². The molecule has 3 aliphatic rings. The second-order valence-electron chi connectivity index (χ2n) is 15.8. The number of alkyl halides is 3. The number of hydrogen-bond acceptors (Lipinski definition) is 9. The van der Waals surface area contributed by atoms with Gasteiger partial charge < -0.3 is 29.3 Å². The Morgan fingerprint density at radius 1 is 0.934 bits per heavy atom. The average Bonchev–Trinajstić information content (AvgIpc) is 3.92. The summed E-state index contributed by atoms with van der Waals surface area (Å²) in [4.78, 5) is 50.0. The third kappa shape index (κ3) is 10.0. The lowest BCUT2D eigenvalue weighted by Gasteiger charge is -2.40. The van der Waals surface area contributed by atoms with E-state index in [1.165, 1.54) is 11.0 Å². The number of nitrogens with zero attached hydrogens (tertiary/aromatic N) is 6. The van der Waals surface area contributed by atoms with E-state index in [0.29, 0.717) is 43.9 Å². The quantitative estimate of drug-likeness (QED) is 0.175. The molecule has 2 saturated heterocycles. The second kappa shape index (κ2) is 18.1. The van der Waals surface area contributed by atoms with Crippen LogP contribution in [0.1, 0.15) is 58.4 Å². The Labute approximate surface area is 350 Å². The lowest BCUT2D eigenvalue weighted by atomic mass is 9.80. The number of amides is 3. The smallest absolute Gasteiger partial charge is 0.416 e. The molecule has 1 N–H and O–H groups in total. The van der Waals surface area contributed by atoms with E-state index in [0.717, 1.165) is 23.3 Å². The van der Waals surface area contributed by atoms with Crippen molar-refractivity contribution in [1.29, 1.82) is 0 Å². The molecule has 2 fully saturated rings. The van der Waals surface area contributed by atoms with Crippen molar-refractivity contribution in [3.05, 3.63) is 125 Å². The molecule has 2 aromatic heterocycles. The Bertz CT molecular complexity index is 2340. The van der Waals surface area contributed by atoms with Crippen LogP contribution in [-0.4, -0.2) is 93.0 Å². The van der Waals surface area contributed by atoms with Crippen LogP contribution < -0.4 is 14.8 Å². The highest BCUT2D eigenvalue weighted by atomic mass is 19.4. The largest absolute Gasteiger partial charge is 0.497 e. The van der Waals surface area contributed by atoms with E-state index in [4.69, 9.17) is 14.2 Å². The number of pyridine rings is 1. The van der Waals surface area contributed by atoms with Gasteiger partial charge in [0, 0.05) is 56.2 Å². The molecule has 6 bridgehead atoms. The molecule has 0 saturated carbocycles. The van der Waals surface area contributed by atoms with Gasteiger partial charge in [0.05, 0.1) is 50.4 Å². The summed E-state index contributed by atoms with van der Waals surface area (Å²) < 4.78 is 61.8. The van der Waals surface area contributed by atoms with Gasteiger partial charge in [-0.25, -0.2) is 9.67 Å². The summed E-state index contributed by atoms with van der Waals surface area (Å²) in [5, 5.41) is 11.5. The fourth-order valence-electron chi connectivity index (χ4n) is 8.36. The predicted molar refractivity (Wildman–Crippen MR) is 216 cm³/mol. The first kappa shape index (κ1) is 41.4. The molecule has 8 rings (SSSR count).